The van der Waals surface area contributed by atoms with Gasteiger partial charge in [-0.15, -0.1) is 10.2 Å². The number of hydrogen-bond acceptors (Lipinski definition) is 4. The Kier molecular flexibility index (Phi) is 3.62. The Bertz CT molecular complexity index is 933. The summed E-state index contributed by atoms with van der Waals surface area (Å²) >= 11 is 6.61. The van der Waals surface area contributed by atoms with Gasteiger partial charge in [0.05, 0.1) is 16.8 Å². The smallest absolute Gasteiger partial charge is 0.137 e. The summed E-state index contributed by atoms with van der Waals surface area (Å²) in [5, 5.41) is 18.8. The van der Waals surface area contributed by atoms with Gasteiger partial charge < -0.3 is 5.11 Å². The third kappa shape index (κ3) is 2.41. The predicted molar refractivity (Wildman–Crippen MR) is 92.4 cm³/mol. The van der Waals surface area contributed by atoms with Crippen molar-refractivity contribution < 1.29 is 5.11 Å². The largest absolute Gasteiger partial charge is 0.389 e. The predicted octanol–water partition coefficient (Wildman–Crippen LogP) is 3.44. The van der Waals surface area contributed by atoms with Crippen molar-refractivity contribution in [1.29, 1.82) is 0 Å². The summed E-state index contributed by atoms with van der Waals surface area (Å²) in [5.41, 5.74) is 4.89. The molecule has 6 heteroatoms. The van der Waals surface area contributed by atoms with Crippen molar-refractivity contribution in [1.82, 2.24) is 19.7 Å². The van der Waals surface area contributed by atoms with Gasteiger partial charge in [0.15, 0.2) is 0 Å². The highest BCUT2D eigenvalue weighted by molar-refractivity contribution is 6.33. The third-order valence-electron chi connectivity index (χ3n) is 4.45. The van der Waals surface area contributed by atoms with Crippen molar-refractivity contribution in [2.45, 2.75) is 32.8 Å². The molecule has 122 valence electrons. The highest BCUT2D eigenvalue weighted by Crippen LogP contribution is 2.36. The Morgan fingerprint density at radius 1 is 1.12 bits per heavy atom. The Morgan fingerprint density at radius 2 is 1.96 bits per heavy atom. The average molecular weight is 341 g/mol. The second kappa shape index (κ2) is 5.69. The molecule has 0 radical (unpaired) electrons. The number of halogens is 1. The molecule has 1 aliphatic rings. The standard InChI is InChI=1S/C18H17ClN4O/c1-10(24)14-6-15(9-20-8-14)13-5-12-3-4-17-22-21-11(2)23(17)18(12)16(19)7-13/h5-10,24H,3-4H2,1-2H3/t10-/m1/s1. The summed E-state index contributed by atoms with van der Waals surface area (Å²) in [6.07, 6.45) is 4.65. The number of benzene rings is 1. The molecule has 3 aromatic rings. The van der Waals surface area contributed by atoms with Gasteiger partial charge in [-0.25, -0.2) is 0 Å². The van der Waals surface area contributed by atoms with E-state index >= 15 is 0 Å². The Balaban J connectivity index is 1.86. The van der Waals surface area contributed by atoms with E-state index in [0.29, 0.717) is 5.02 Å². The minimum atomic E-state index is -0.548. The van der Waals surface area contributed by atoms with Crippen LogP contribution >= 0.6 is 11.6 Å². The maximum absolute atomic E-state index is 9.77. The molecule has 0 aliphatic carbocycles. The number of hydrogen-bond donors (Lipinski definition) is 1. The number of aliphatic hydroxyl groups is 1. The number of aromatic nitrogens is 4. The summed E-state index contributed by atoms with van der Waals surface area (Å²) < 4.78 is 2.04. The molecule has 2 aromatic heterocycles. The van der Waals surface area contributed by atoms with Crippen LogP contribution in [0.1, 0.15) is 35.8 Å². The van der Waals surface area contributed by atoms with Gasteiger partial charge in [0.25, 0.3) is 0 Å². The summed E-state index contributed by atoms with van der Waals surface area (Å²) in [6.45, 7) is 3.67. The van der Waals surface area contributed by atoms with E-state index in [-0.39, 0.29) is 0 Å². The molecule has 1 N–H and O–H groups in total. The third-order valence-corrected chi connectivity index (χ3v) is 4.74. The first-order chi connectivity index (χ1) is 11.5. The van der Waals surface area contributed by atoms with Crippen LogP contribution in [0, 0.1) is 6.92 Å². The summed E-state index contributed by atoms with van der Waals surface area (Å²) in [4.78, 5) is 4.24. The number of aliphatic hydroxyl groups excluding tert-OH is 1. The zero-order chi connectivity index (χ0) is 16.8. The Labute approximate surface area is 145 Å². The normalized spacial score (nSPS) is 14.2. The maximum Gasteiger partial charge on any atom is 0.137 e. The second-order valence-electron chi connectivity index (χ2n) is 6.15. The molecule has 0 amide bonds. The van der Waals surface area contributed by atoms with E-state index in [9.17, 15) is 5.11 Å². The highest BCUT2D eigenvalue weighted by atomic mass is 35.5. The van der Waals surface area contributed by atoms with Gasteiger partial charge in [0, 0.05) is 24.4 Å². The molecule has 0 spiro atoms. The summed E-state index contributed by atoms with van der Waals surface area (Å²) in [5.74, 6) is 1.80. The zero-order valence-corrected chi connectivity index (χ0v) is 14.2. The number of pyridine rings is 1. The van der Waals surface area contributed by atoms with Crippen LogP contribution in [0.3, 0.4) is 0 Å². The molecule has 1 aromatic carbocycles. The SMILES string of the molecule is Cc1nnc2n1-c1c(Cl)cc(-c3cncc([C@@H](C)O)c3)cc1CC2. The van der Waals surface area contributed by atoms with Crippen LogP contribution in [-0.4, -0.2) is 24.9 Å². The van der Waals surface area contributed by atoms with E-state index in [1.54, 1.807) is 19.3 Å². The minimum Gasteiger partial charge on any atom is -0.389 e. The quantitative estimate of drug-likeness (QED) is 0.776. The van der Waals surface area contributed by atoms with Crippen LogP contribution in [0.2, 0.25) is 5.02 Å². The van der Waals surface area contributed by atoms with Crippen molar-refractivity contribution in [3.05, 3.63) is 58.4 Å². The molecular formula is C18H17ClN4O. The fraction of sp³-hybridized carbons (Fsp3) is 0.278. The zero-order valence-electron chi connectivity index (χ0n) is 13.5. The molecule has 0 saturated carbocycles. The molecule has 0 fully saturated rings. The minimum absolute atomic E-state index is 0.548. The first kappa shape index (κ1) is 15.3. The molecule has 1 aliphatic heterocycles. The number of fused-ring (bicyclic) bond motifs is 3. The van der Waals surface area contributed by atoms with Crippen LogP contribution in [0.25, 0.3) is 16.8 Å². The Hall–Kier alpha value is -2.24. The molecule has 3 heterocycles. The van der Waals surface area contributed by atoms with Gasteiger partial charge in [-0.1, -0.05) is 11.6 Å². The molecule has 5 nitrogen and oxygen atoms in total. The molecule has 24 heavy (non-hydrogen) atoms. The number of aryl methyl sites for hydroxylation is 3. The van der Waals surface area contributed by atoms with Crippen LogP contribution in [0.15, 0.2) is 30.6 Å². The van der Waals surface area contributed by atoms with Gasteiger partial charge in [0.2, 0.25) is 0 Å². The van der Waals surface area contributed by atoms with Crippen molar-refractivity contribution in [3.63, 3.8) is 0 Å². The number of nitrogens with zero attached hydrogens (tertiary/aromatic N) is 4. The molecular weight excluding hydrogens is 324 g/mol. The number of rotatable bonds is 2. The van der Waals surface area contributed by atoms with Crippen LogP contribution in [0.4, 0.5) is 0 Å². The fourth-order valence-corrected chi connectivity index (χ4v) is 3.54. The van der Waals surface area contributed by atoms with E-state index in [4.69, 9.17) is 11.6 Å². The van der Waals surface area contributed by atoms with E-state index in [1.807, 2.05) is 23.6 Å². The lowest BCUT2D eigenvalue weighted by Crippen LogP contribution is -2.14. The molecule has 4 rings (SSSR count). The van der Waals surface area contributed by atoms with Crippen molar-refractivity contribution in [3.8, 4) is 16.8 Å². The molecule has 0 unspecified atom stereocenters. The van der Waals surface area contributed by atoms with Gasteiger partial charge in [-0.3, -0.25) is 9.55 Å². The van der Waals surface area contributed by atoms with Crippen molar-refractivity contribution >= 4 is 11.6 Å². The lowest BCUT2D eigenvalue weighted by atomic mass is 9.96. The summed E-state index contributed by atoms with van der Waals surface area (Å²) in [7, 11) is 0. The van der Waals surface area contributed by atoms with E-state index in [2.05, 4.69) is 21.2 Å². The monoisotopic (exact) mass is 340 g/mol. The van der Waals surface area contributed by atoms with Crippen LogP contribution in [0.5, 0.6) is 0 Å². The van der Waals surface area contributed by atoms with Gasteiger partial charge in [-0.2, -0.15) is 0 Å². The maximum atomic E-state index is 9.77. The van der Waals surface area contributed by atoms with Gasteiger partial charge in [-0.05, 0) is 55.2 Å². The van der Waals surface area contributed by atoms with E-state index < -0.39 is 6.10 Å². The first-order valence-electron chi connectivity index (χ1n) is 7.91. The van der Waals surface area contributed by atoms with Gasteiger partial charge >= 0.3 is 0 Å². The van der Waals surface area contributed by atoms with Gasteiger partial charge in [0.1, 0.15) is 11.6 Å². The average Bonchev–Trinajstić information content (AvgIpc) is 2.96. The van der Waals surface area contributed by atoms with Crippen LogP contribution < -0.4 is 0 Å². The highest BCUT2D eigenvalue weighted by Gasteiger charge is 2.23. The second-order valence-corrected chi connectivity index (χ2v) is 6.55. The van der Waals surface area contributed by atoms with E-state index in [0.717, 1.165) is 46.9 Å². The lowest BCUT2D eigenvalue weighted by Gasteiger charge is -2.21. The van der Waals surface area contributed by atoms with E-state index in [1.165, 1.54) is 5.56 Å². The summed E-state index contributed by atoms with van der Waals surface area (Å²) in [6, 6.07) is 6.04. The fourth-order valence-electron chi connectivity index (χ4n) is 3.21. The first-order valence-corrected chi connectivity index (χ1v) is 8.29. The van der Waals surface area contributed by atoms with Crippen LogP contribution in [-0.2, 0) is 12.8 Å². The molecule has 1 atom stereocenters. The Morgan fingerprint density at radius 3 is 2.75 bits per heavy atom. The van der Waals surface area contributed by atoms with Crippen molar-refractivity contribution in [2.75, 3.05) is 0 Å². The topological polar surface area (TPSA) is 63.8 Å². The molecule has 0 saturated heterocycles. The lowest BCUT2D eigenvalue weighted by molar-refractivity contribution is 0.199. The molecule has 0 bridgehead atoms. The van der Waals surface area contributed by atoms with Crippen molar-refractivity contribution in [2.24, 2.45) is 0 Å².